The van der Waals surface area contributed by atoms with Gasteiger partial charge in [-0.3, -0.25) is 0 Å². The standard InChI is InChI=1S/C13H20N2/c1-11-5-8-14-12(9-11)15-10-13(2)6-3-4-7-13/h5,8-9H,3-4,6-7,10H2,1-2H3,(H,14,15). The molecule has 0 amide bonds. The number of aromatic nitrogens is 1. The minimum absolute atomic E-state index is 0.491. The zero-order valence-electron chi connectivity index (χ0n) is 9.71. The molecular weight excluding hydrogens is 184 g/mol. The summed E-state index contributed by atoms with van der Waals surface area (Å²) in [4.78, 5) is 4.32. The number of pyridine rings is 1. The van der Waals surface area contributed by atoms with Gasteiger partial charge >= 0.3 is 0 Å². The maximum atomic E-state index is 4.32. The summed E-state index contributed by atoms with van der Waals surface area (Å²) in [7, 11) is 0. The molecular formula is C13H20N2. The Bertz CT molecular complexity index is 327. The molecule has 15 heavy (non-hydrogen) atoms. The fourth-order valence-corrected chi connectivity index (χ4v) is 2.34. The van der Waals surface area contributed by atoms with Gasteiger partial charge in [-0.2, -0.15) is 0 Å². The lowest BCUT2D eigenvalue weighted by atomic mass is 9.89. The Morgan fingerprint density at radius 3 is 2.80 bits per heavy atom. The normalized spacial score (nSPS) is 19.1. The Labute approximate surface area is 92.1 Å². The first-order valence-electron chi connectivity index (χ1n) is 5.85. The SMILES string of the molecule is Cc1ccnc(NCC2(C)CCCC2)c1. The summed E-state index contributed by atoms with van der Waals surface area (Å²) in [6.45, 7) is 5.54. The summed E-state index contributed by atoms with van der Waals surface area (Å²) in [5, 5.41) is 3.46. The molecule has 2 heteroatoms. The molecule has 1 fully saturated rings. The molecule has 0 aliphatic heterocycles. The number of hydrogen-bond donors (Lipinski definition) is 1. The molecule has 0 saturated heterocycles. The summed E-state index contributed by atoms with van der Waals surface area (Å²) >= 11 is 0. The quantitative estimate of drug-likeness (QED) is 0.816. The molecule has 1 aromatic rings. The van der Waals surface area contributed by atoms with Gasteiger partial charge in [0.1, 0.15) is 5.82 Å². The number of aryl methyl sites for hydroxylation is 1. The Balaban J connectivity index is 1.92. The van der Waals surface area contributed by atoms with Gasteiger partial charge in [-0.15, -0.1) is 0 Å². The Morgan fingerprint density at radius 1 is 1.40 bits per heavy atom. The summed E-state index contributed by atoms with van der Waals surface area (Å²) in [5.41, 5.74) is 1.76. The van der Waals surface area contributed by atoms with Gasteiger partial charge in [-0.05, 0) is 42.9 Å². The lowest BCUT2D eigenvalue weighted by Crippen LogP contribution is -2.23. The molecule has 0 radical (unpaired) electrons. The van der Waals surface area contributed by atoms with Crippen molar-refractivity contribution in [3.63, 3.8) is 0 Å². The van der Waals surface area contributed by atoms with E-state index in [0.717, 1.165) is 12.4 Å². The molecule has 82 valence electrons. The first-order valence-corrected chi connectivity index (χ1v) is 5.85. The van der Waals surface area contributed by atoms with Crippen LogP contribution in [0.4, 0.5) is 5.82 Å². The summed E-state index contributed by atoms with van der Waals surface area (Å²) < 4.78 is 0. The zero-order valence-corrected chi connectivity index (χ0v) is 9.71. The number of hydrogen-bond acceptors (Lipinski definition) is 2. The third-order valence-corrected chi connectivity index (χ3v) is 3.42. The zero-order chi connectivity index (χ0) is 10.7. The van der Waals surface area contributed by atoms with Gasteiger partial charge in [0.25, 0.3) is 0 Å². The van der Waals surface area contributed by atoms with Crippen LogP contribution in [0.15, 0.2) is 18.3 Å². The van der Waals surface area contributed by atoms with Crippen LogP contribution in [0.2, 0.25) is 0 Å². The molecule has 1 aliphatic carbocycles. The van der Waals surface area contributed by atoms with Crippen LogP contribution >= 0.6 is 0 Å². The monoisotopic (exact) mass is 204 g/mol. The van der Waals surface area contributed by atoms with E-state index in [1.54, 1.807) is 0 Å². The Hall–Kier alpha value is -1.05. The molecule has 0 bridgehead atoms. The second-order valence-electron chi connectivity index (χ2n) is 5.09. The average Bonchev–Trinajstić information content (AvgIpc) is 2.63. The number of nitrogens with one attached hydrogen (secondary N) is 1. The van der Waals surface area contributed by atoms with Crippen LogP contribution in [0.1, 0.15) is 38.2 Å². The van der Waals surface area contributed by atoms with Crippen LogP contribution in [0, 0.1) is 12.3 Å². The van der Waals surface area contributed by atoms with Crippen LogP contribution in [0.3, 0.4) is 0 Å². The van der Waals surface area contributed by atoms with Gasteiger partial charge in [0.15, 0.2) is 0 Å². The van der Waals surface area contributed by atoms with E-state index in [1.807, 2.05) is 12.3 Å². The van der Waals surface area contributed by atoms with Crippen molar-refractivity contribution in [3.05, 3.63) is 23.9 Å². The molecule has 1 heterocycles. The second-order valence-corrected chi connectivity index (χ2v) is 5.09. The van der Waals surface area contributed by atoms with Crippen molar-refractivity contribution in [2.45, 2.75) is 39.5 Å². The number of nitrogens with zero attached hydrogens (tertiary/aromatic N) is 1. The van der Waals surface area contributed by atoms with Crippen LogP contribution in [0.5, 0.6) is 0 Å². The highest BCUT2D eigenvalue weighted by Gasteiger charge is 2.28. The van der Waals surface area contributed by atoms with Crippen molar-refractivity contribution in [1.82, 2.24) is 4.98 Å². The molecule has 1 aliphatic rings. The Morgan fingerprint density at radius 2 is 2.13 bits per heavy atom. The minimum atomic E-state index is 0.491. The fraction of sp³-hybridized carbons (Fsp3) is 0.615. The topological polar surface area (TPSA) is 24.9 Å². The van der Waals surface area contributed by atoms with Gasteiger partial charge in [0, 0.05) is 12.7 Å². The molecule has 2 nitrogen and oxygen atoms in total. The molecule has 2 rings (SSSR count). The van der Waals surface area contributed by atoms with Gasteiger partial charge in [-0.1, -0.05) is 19.8 Å². The van der Waals surface area contributed by atoms with Crippen molar-refractivity contribution < 1.29 is 0 Å². The first kappa shape index (κ1) is 10.5. The molecule has 0 aromatic carbocycles. The van der Waals surface area contributed by atoms with Crippen LogP contribution in [-0.4, -0.2) is 11.5 Å². The van der Waals surface area contributed by atoms with E-state index >= 15 is 0 Å². The van der Waals surface area contributed by atoms with E-state index in [4.69, 9.17) is 0 Å². The fourth-order valence-electron chi connectivity index (χ4n) is 2.34. The Kier molecular flexibility index (Phi) is 2.94. The third-order valence-electron chi connectivity index (χ3n) is 3.42. The van der Waals surface area contributed by atoms with Gasteiger partial charge in [-0.25, -0.2) is 4.98 Å². The lowest BCUT2D eigenvalue weighted by Gasteiger charge is -2.24. The molecule has 1 saturated carbocycles. The lowest BCUT2D eigenvalue weighted by molar-refractivity contribution is 0.361. The predicted octanol–water partition coefficient (Wildman–Crippen LogP) is 3.38. The van der Waals surface area contributed by atoms with Crippen LogP contribution in [0.25, 0.3) is 0 Å². The van der Waals surface area contributed by atoms with Gasteiger partial charge in [0.2, 0.25) is 0 Å². The van der Waals surface area contributed by atoms with E-state index in [2.05, 4.69) is 30.2 Å². The highest BCUT2D eigenvalue weighted by atomic mass is 15.0. The maximum Gasteiger partial charge on any atom is 0.126 e. The number of rotatable bonds is 3. The molecule has 0 atom stereocenters. The molecule has 0 unspecified atom stereocenters. The summed E-state index contributed by atoms with van der Waals surface area (Å²) in [5.74, 6) is 1.02. The van der Waals surface area contributed by atoms with Crippen molar-refractivity contribution >= 4 is 5.82 Å². The van der Waals surface area contributed by atoms with Crippen LogP contribution < -0.4 is 5.32 Å². The van der Waals surface area contributed by atoms with E-state index in [9.17, 15) is 0 Å². The summed E-state index contributed by atoms with van der Waals surface area (Å²) in [6.07, 6.45) is 7.35. The van der Waals surface area contributed by atoms with Crippen molar-refractivity contribution in [2.75, 3.05) is 11.9 Å². The van der Waals surface area contributed by atoms with Crippen LogP contribution in [-0.2, 0) is 0 Å². The molecule has 1 aromatic heterocycles. The van der Waals surface area contributed by atoms with Gasteiger partial charge < -0.3 is 5.32 Å². The van der Waals surface area contributed by atoms with Crippen molar-refractivity contribution in [1.29, 1.82) is 0 Å². The summed E-state index contributed by atoms with van der Waals surface area (Å²) in [6, 6.07) is 4.14. The highest BCUT2D eigenvalue weighted by molar-refractivity contribution is 5.37. The highest BCUT2D eigenvalue weighted by Crippen LogP contribution is 2.37. The van der Waals surface area contributed by atoms with E-state index in [0.29, 0.717) is 5.41 Å². The van der Waals surface area contributed by atoms with E-state index < -0.39 is 0 Å². The van der Waals surface area contributed by atoms with Crippen molar-refractivity contribution in [2.24, 2.45) is 5.41 Å². The van der Waals surface area contributed by atoms with Gasteiger partial charge in [0.05, 0.1) is 0 Å². The smallest absolute Gasteiger partial charge is 0.126 e. The number of anilines is 1. The largest absolute Gasteiger partial charge is 0.370 e. The molecule has 1 N–H and O–H groups in total. The third kappa shape index (κ3) is 2.71. The average molecular weight is 204 g/mol. The predicted molar refractivity (Wildman–Crippen MR) is 64.0 cm³/mol. The van der Waals surface area contributed by atoms with E-state index in [-0.39, 0.29) is 0 Å². The molecule has 0 spiro atoms. The van der Waals surface area contributed by atoms with Crippen molar-refractivity contribution in [3.8, 4) is 0 Å². The second kappa shape index (κ2) is 4.21. The first-order chi connectivity index (χ1) is 7.18. The minimum Gasteiger partial charge on any atom is -0.370 e. The maximum absolute atomic E-state index is 4.32. The van der Waals surface area contributed by atoms with E-state index in [1.165, 1.54) is 31.2 Å².